The van der Waals surface area contributed by atoms with Gasteiger partial charge in [0.25, 0.3) is 0 Å². The van der Waals surface area contributed by atoms with Crippen LogP contribution >= 0.6 is 0 Å². The van der Waals surface area contributed by atoms with E-state index in [2.05, 4.69) is 17.0 Å². The van der Waals surface area contributed by atoms with Gasteiger partial charge in [-0.1, -0.05) is 30.3 Å². The number of ketones is 1. The zero-order chi connectivity index (χ0) is 19.1. The lowest BCUT2D eigenvalue weighted by molar-refractivity contribution is -0.139. The molecule has 0 atom stereocenters. The van der Waals surface area contributed by atoms with Crippen LogP contribution in [0.2, 0.25) is 0 Å². The number of carboxylic acids is 1. The maximum atomic E-state index is 12.4. The highest BCUT2D eigenvalue weighted by Crippen LogP contribution is 2.21. The quantitative estimate of drug-likeness (QED) is 0.593. The first kappa shape index (κ1) is 18.7. The highest BCUT2D eigenvalue weighted by atomic mass is 16.5. The highest BCUT2D eigenvalue weighted by molar-refractivity contribution is 6.07. The monoisotopic (exact) mass is 365 g/mol. The fourth-order valence-electron chi connectivity index (χ4n) is 3.10. The van der Waals surface area contributed by atoms with E-state index in [4.69, 9.17) is 9.84 Å². The Labute approximate surface area is 158 Å². The fraction of sp³-hybridized carbons (Fsp3) is 0.273. The number of hydrogen-bond donors (Lipinski definition) is 1. The molecule has 0 bridgehead atoms. The molecular formula is C22H23NO4. The Morgan fingerprint density at radius 3 is 2.48 bits per heavy atom. The summed E-state index contributed by atoms with van der Waals surface area (Å²) in [5, 5.41) is 8.66. The number of benzene rings is 2. The molecule has 0 aliphatic carbocycles. The van der Waals surface area contributed by atoms with Gasteiger partial charge in [-0.2, -0.15) is 0 Å². The van der Waals surface area contributed by atoms with Crippen LogP contribution in [0.15, 0.2) is 54.6 Å². The molecule has 5 heteroatoms. The zero-order valence-electron chi connectivity index (χ0n) is 15.1. The topological polar surface area (TPSA) is 66.8 Å². The number of piperidine rings is 1. The number of hydrogen-bond acceptors (Lipinski definition) is 4. The zero-order valence-corrected chi connectivity index (χ0v) is 15.1. The van der Waals surface area contributed by atoms with E-state index in [9.17, 15) is 9.59 Å². The molecule has 0 aromatic heterocycles. The molecular weight excluding hydrogens is 342 g/mol. The van der Waals surface area contributed by atoms with Gasteiger partial charge in [-0.3, -0.25) is 4.79 Å². The summed E-state index contributed by atoms with van der Waals surface area (Å²) in [5.41, 5.74) is 2.64. The SMILES string of the molecule is O=C(O)COc1cccc(C(=O)/C=C/c2ccc(N3CCCCC3)cc2)c1. The molecule has 0 radical (unpaired) electrons. The average molecular weight is 365 g/mol. The van der Waals surface area contributed by atoms with Crippen molar-refractivity contribution >= 4 is 23.5 Å². The van der Waals surface area contributed by atoms with Crippen molar-refractivity contribution in [2.75, 3.05) is 24.6 Å². The second-order valence-electron chi connectivity index (χ2n) is 6.55. The van der Waals surface area contributed by atoms with E-state index < -0.39 is 12.6 Å². The van der Waals surface area contributed by atoms with Crippen LogP contribution in [0.1, 0.15) is 35.2 Å². The number of aliphatic carboxylic acids is 1. The Balaban J connectivity index is 1.62. The number of anilines is 1. The third kappa shape index (κ3) is 5.45. The van der Waals surface area contributed by atoms with Gasteiger partial charge < -0.3 is 14.7 Å². The molecule has 1 aliphatic heterocycles. The molecule has 1 aliphatic rings. The molecule has 1 saturated heterocycles. The average Bonchev–Trinajstić information content (AvgIpc) is 2.72. The van der Waals surface area contributed by atoms with Crippen LogP contribution in [0.3, 0.4) is 0 Å². The fourth-order valence-corrected chi connectivity index (χ4v) is 3.10. The summed E-state index contributed by atoms with van der Waals surface area (Å²) in [6, 6.07) is 14.7. The lowest BCUT2D eigenvalue weighted by Crippen LogP contribution is -2.29. The van der Waals surface area contributed by atoms with Gasteiger partial charge in [0, 0.05) is 24.3 Å². The van der Waals surface area contributed by atoms with Crippen LogP contribution in [-0.4, -0.2) is 36.6 Å². The largest absolute Gasteiger partial charge is 0.482 e. The van der Waals surface area contributed by atoms with Gasteiger partial charge in [-0.05, 0) is 55.2 Å². The third-order valence-electron chi connectivity index (χ3n) is 4.52. The lowest BCUT2D eigenvalue weighted by atomic mass is 10.1. The van der Waals surface area contributed by atoms with Gasteiger partial charge >= 0.3 is 5.97 Å². The van der Waals surface area contributed by atoms with Crippen molar-refractivity contribution in [3.63, 3.8) is 0 Å². The Hall–Kier alpha value is -3.08. The molecule has 0 amide bonds. The standard InChI is InChI=1S/C22H23NO4/c24-21(18-5-4-6-20(15-18)27-16-22(25)26)12-9-17-7-10-19(11-8-17)23-13-2-1-3-14-23/h4-12,15H,1-3,13-14,16H2,(H,25,26)/b12-9+. The van der Waals surface area contributed by atoms with Crippen LogP contribution in [-0.2, 0) is 4.79 Å². The van der Waals surface area contributed by atoms with Crippen LogP contribution in [0, 0.1) is 0 Å². The molecule has 1 fully saturated rings. The Bertz CT molecular complexity index is 820. The summed E-state index contributed by atoms with van der Waals surface area (Å²) in [4.78, 5) is 25.3. The van der Waals surface area contributed by atoms with Crippen LogP contribution < -0.4 is 9.64 Å². The molecule has 3 rings (SSSR count). The maximum Gasteiger partial charge on any atom is 0.341 e. The molecule has 1 heterocycles. The predicted octanol–water partition coefficient (Wildman–Crippen LogP) is 4.04. The normalized spacial score (nSPS) is 14.3. The van der Waals surface area contributed by atoms with Crippen molar-refractivity contribution in [1.82, 2.24) is 0 Å². The first-order chi connectivity index (χ1) is 13.1. The molecule has 0 saturated carbocycles. The molecule has 140 valence electrons. The van der Waals surface area contributed by atoms with E-state index in [0.717, 1.165) is 18.7 Å². The Morgan fingerprint density at radius 2 is 1.78 bits per heavy atom. The first-order valence-corrected chi connectivity index (χ1v) is 9.14. The predicted molar refractivity (Wildman–Crippen MR) is 105 cm³/mol. The summed E-state index contributed by atoms with van der Waals surface area (Å²) < 4.78 is 5.11. The van der Waals surface area contributed by atoms with E-state index in [1.807, 2.05) is 12.1 Å². The molecule has 1 N–H and O–H groups in total. The summed E-state index contributed by atoms with van der Waals surface area (Å²) in [6.45, 7) is 1.78. The van der Waals surface area contributed by atoms with Crippen molar-refractivity contribution in [2.24, 2.45) is 0 Å². The van der Waals surface area contributed by atoms with E-state index in [1.165, 1.54) is 31.0 Å². The summed E-state index contributed by atoms with van der Waals surface area (Å²) in [7, 11) is 0. The van der Waals surface area contributed by atoms with Gasteiger partial charge in [0.05, 0.1) is 0 Å². The maximum absolute atomic E-state index is 12.4. The van der Waals surface area contributed by atoms with Crippen molar-refractivity contribution in [2.45, 2.75) is 19.3 Å². The molecule has 27 heavy (non-hydrogen) atoms. The summed E-state index contributed by atoms with van der Waals surface area (Å²) >= 11 is 0. The van der Waals surface area contributed by atoms with Crippen LogP contribution in [0.25, 0.3) is 6.08 Å². The van der Waals surface area contributed by atoms with E-state index in [-0.39, 0.29) is 5.78 Å². The number of nitrogens with zero attached hydrogens (tertiary/aromatic N) is 1. The van der Waals surface area contributed by atoms with Crippen LogP contribution in [0.5, 0.6) is 5.75 Å². The molecule has 2 aromatic carbocycles. The van der Waals surface area contributed by atoms with Crippen molar-refractivity contribution in [3.8, 4) is 5.75 Å². The van der Waals surface area contributed by atoms with Gasteiger partial charge in [0.1, 0.15) is 5.75 Å². The molecule has 0 unspecified atom stereocenters. The van der Waals surface area contributed by atoms with Gasteiger partial charge in [0.15, 0.2) is 12.4 Å². The van der Waals surface area contributed by atoms with E-state index in [1.54, 1.807) is 30.3 Å². The van der Waals surface area contributed by atoms with Gasteiger partial charge in [-0.25, -0.2) is 4.79 Å². The summed E-state index contributed by atoms with van der Waals surface area (Å²) in [6.07, 6.45) is 7.10. The number of carbonyl (C=O) groups excluding carboxylic acids is 1. The minimum absolute atomic E-state index is 0.157. The molecule has 5 nitrogen and oxygen atoms in total. The number of rotatable bonds is 7. The minimum Gasteiger partial charge on any atom is -0.482 e. The number of allylic oxidation sites excluding steroid dienone is 1. The number of carbonyl (C=O) groups is 2. The van der Waals surface area contributed by atoms with Crippen LogP contribution in [0.4, 0.5) is 5.69 Å². The number of ether oxygens (including phenoxy) is 1. The Kier molecular flexibility index (Phi) is 6.26. The van der Waals surface area contributed by atoms with E-state index >= 15 is 0 Å². The van der Waals surface area contributed by atoms with E-state index in [0.29, 0.717) is 11.3 Å². The van der Waals surface area contributed by atoms with Crippen molar-refractivity contribution in [1.29, 1.82) is 0 Å². The van der Waals surface area contributed by atoms with Gasteiger partial charge in [-0.15, -0.1) is 0 Å². The summed E-state index contributed by atoms with van der Waals surface area (Å²) in [5.74, 6) is -0.849. The lowest BCUT2D eigenvalue weighted by Gasteiger charge is -2.28. The van der Waals surface area contributed by atoms with Crippen molar-refractivity contribution in [3.05, 3.63) is 65.7 Å². The highest BCUT2D eigenvalue weighted by Gasteiger charge is 2.10. The Morgan fingerprint density at radius 1 is 1.04 bits per heavy atom. The molecule has 0 spiro atoms. The smallest absolute Gasteiger partial charge is 0.341 e. The van der Waals surface area contributed by atoms with Crippen molar-refractivity contribution < 1.29 is 19.4 Å². The number of carboxylic acid groups (broad SMARTS) is 1. The first-order valence-electron chi connectivity index (χ1n) is 9.14. The molecule has 2 aromatic rings. The second-order valence-corrected chi connectivity index (χ2v) is 6.55. The third-order valence-corrected chi connectivity index (χ3v) is 4.52. The second kappa shape index (κ2) is 9.03. The van der Waals surface area contributed by atoms with Gasteiger partial charge in [0.2, 0.25) is 0 Å². The minimum atomic E-state index is -1.06.